The number of aryl methyl sites for hydroxylation is 1. The summed E-state index contributed by atoms with van der Waals surface area (Å²) in [5.41, 5.74) is 11.0. The second kappa shape index (κ2) is 7.92. The highest BCUT2D eigenvalue weighted by molar-refractivity contribution is 5.96. The number of ether oxygens (including phenoxy) is 1. The highest BCUT2D eigenvalue weighted by Gasteiger charge is 2.21. The molecule has 4 aromatic rings. The van der Waals surface area contributed by atoms with Crippen LogP contribution in [-0.2, 0) is 6.42 Å². The highest BCUT2D eigenvalue weighted by atomic mass is 19.1. The molecule has 3 aromatic heterocycles. The minimum atomic E-state index is -0.525. The van der Waals surface area contributed by atoms with Gasteiger partial charge in [0.05, 0.1) is 23.1 Å². The standard InChI is InChI=1S/C23H22FN7O/c1-3-13-4-5-14(9-27-13)30-23-29-11-17-18(31-23)8-15(19(24)20(17)25)16-10-28-22-21(12(16)2)26-6-7-32-22/h4-5,8-11,26H,3,6-7,25H2,1-2H3,(H,29,30,31). The summed E-state index contributed by atoms with van der Waals surface area (Å²) < 4.78 is 20.8. The van der Waals surface area contributed by atoms with E-state index in [-0.39, 0.29) is 5.69 Å². The lowest BCUT2D eigenvalue weighted by Crippen LogP contribution is -2.20. The maximum Gasteiger partial charge on any atom is 0.237 e. The van der Waals surface area contributed by atoms with Crippen molar-refractivity contribution in [3.63, 3.8) is 0 Å². The van der Waals surface area contributed by atoms with Crippen molar-refractivity contribution in [2.24, 2.45) is 0 Å². The van der Waals surface area contributed by atoms with Crippen LogP contribution < -0.4 is 21.1 Å². The molecule has 0 atom stereocenters. The molecule has 5 rings (SSSR count). The number of benzene rings is 1. The summed E-state index contributed by atoms with van der Waals surface area (Å²) in [7, 11) is 0. The molecule has 0 unspecified atom stereocenters. The summed E-state index contributed by atoms with van der Waals surface area (Å²) in [4.78, 5) is 17.6. The Morgan fingerprint density at radius 3 is 2.81 bits per heavy atom. The first-order valence-corrected chi connectivity index (χ1v) is 10.4. The van der Waals surface area contributed by atoms with Gasteiger partial charge in [-0.25, -0.2) is 19.3 Å². The molecule has 4 heterocycles. The predicted octanol–water partition coefficient (Wildman–Crippen LogP) is 4.23. The van der Waals surface area contributed by atoms with Crippen molar-refractivity contribution < 1.29 is 9.13 Å². The number of nitrogen functional groups attached to an aromatic ring is 1. The maximum absolute atomic E-state index is 15.3. The first-order chi connectivity index (χ1) is 15.5. The molecule has 1 aliphatic heterocycles. The maximum atomic E-state index is 15.3. The molecule has 0 spiro atoms. The molecule has 0 radical (unpaired) electrons. The van der Waals surface area contributed by atoms with Crippen LogP contribution in [0.3, 0.4) is 0 Å². The zero-order valence-corrected chi connectivity index (χ0v) is 17.7. The van der Waals surface area contributed by atoms with Gasteiger partial charge in [-0.3, -0.25) is 4.98 Å². The number of nitrogens with zero attached hydrogens (tertiary/aromatic N) is 4. The fourth-order valence-corrected chi connectivity index (χ4v) is 3.76. The van der Waals surface area contributed by atoms with E-state index in [4.69, 9.17) is 10.5 Å². The molecular formula is C23H22FN7O. The number of nitrogens with two attached hydrogens (primary N) is 1. The number of pyridine rings is 2. The number of anilines is 4. The van der Waals surface area contributed by atoms with Crippen LogP contribution in [0.2, 0.25) is 0 Å². The summed E-state index contributed by atoms with van der Waals surface area (Å²) in [6, 6.07) is 5.53. The molecule has 0 bridgehead atoms. The van der Waals surface area contributed by atoms with Crippen molar-refractivity contribution in [1.29, 1.82) is 0 Å². The number of aromatic nitrogens is 4. The quantitative estimate of drug-likeness (QED) is 0.412. The summed E-state index contributed by atoms with van der Waals surface area (Å²) in [6.07, 6.45) is 5.72. The van der Waals surface area contributed by atoms with E-state index in [1.54, 1.807) is 18.5 Å². The van der Waals surface area contributed by atoms with Crippen LogP contribution in [0.5, 0.6) is 5.88 Å². The summed E-state index contributed by atoms with van der Waals surface area (Å²) >= 11 is 0. The number of rotatable bonds is 4. The Morgan fingerprint density at radius 2 is 2.03 bits per heavy atom. The molecule has 0 amide bonds. The fraction of sp³-hybridized carbons (Fsp3) is 0.217. The summed E-state index contributed by atoms with van der Waals surface area (Å²) in [6.45, 7) is 5.15. The van der Waals surface area contributed by atoms with Crippen molar-refractivity contribution in [3.05, 3.63) is 53.9 Å². The van der Waals surface area contributed by atoms with Gasteiger partial charge >= 0.3 is 0 Å². The second-order valence-corrected chi connectivity index (χ2v) is 7.55. The van der Waals surface area contributed by atoms with Gasteiger partial charge in [-0.1, -0.05) is 6.92 Å². The Morgan fingerprint density at radius 1 is 1.16 bits per heavy atom. The molecule has 162 valence electrons. The van der Waals surface area contributed by atoms with E-state index >= 15 is 4.39 Å². The minimum Gasteiger partial charge on any atom is -0.474 e. The lowest BCUT2D eigenvalue weighted by atomic mass is 9.98. The average Bonchev–Trinajstić information content (AvgIpc) is 2.82. The van der Waals surface area contributed by atoms with Crippen molar-refractivity contribution in [1.82, 2.24) is 19.9 Å². The monoisotopic (exact) mass is 431 g/mol. The fourth-order valence-electron chi connectivity index (χ4n) is 3.76. The Balaban J connectivity index is 1.57. The van der Waals surface area contributed by atoms with Crippen LogP contribution in [0.25, 0.3) is 22.0 Å². The molecule has 0 saturated heterocycles. The lowest BCUT2D eigenvalue weighted by Gasteiger charge is -2.22. The first kappa shape index (κ1) is 19.9. The lowest BCUT2D eigenvalue weighted by molar-refractivity contribution is 0.310. The Bertz CT molecular complexity index is 1320. The summed E-state index contributed by atoms with van der Waals surface area (Å²) in [5.74, 6) is 0.363. The van der Waals surface area contributed by atoms with E-state index in [9.17, 15) is 0 Å². The van der Waals surface area contributed by atoms with Crippen molar-refractivity contribution in [2.45, 2.75) is 20.3 Å². The molecule has 0 saturated carbocycles. The van der Waals surface area contributed by atoms with Crippen LogP contribution in [0.1, 0.15) is 18.2 Å². The normalized spacial score (nSPS) is 12.7. The van der Waals surface area contributed by atoms with E-state index < -0.39 is 5.82 Å². The van der Waals surface area contributed by atoms with Crippen LogP contribution in [0, 0.1) is 12.7 Å². The minimum absolute atomic E-state index is 0.000606. The Hall–Kier alpha value is -4.01. The van der Waals surface area contributed by atoms with E-state index in [1.165, 1.54) is 6.20 Å². The van der Waals surface area contributed by atoms with E-state index in [1.807, 2.05) is 26.0 Å². The highest BCUT2D eigenvalue weighted by Crippen LogP contribution is 2.39. The van der Waals surface area contributed by atoms with Gasteiger partial charge < -0.3 is 21.1 Å². The number of fused-ring (bicyclic) bond motifs is 2. The molecule has 0 aliphatic carbocycles. The number of hydrogen-bond donors (Lipinski definition) is 3. The van der Waals surface area contributed by atoms with Crippen molar-refractivity contribution in [2.75, 3.05) is 29.5 Å². The second-order valence-electron chi connectivity index (χ2n) is 7.55. The third kappa shape index (κ3) is 3.41. The first-order valence-electron chi connectivity index (χ1n) is 10.4. The van der Waals surface area contributed by atoms with Gasteiger partial charge in [-0.2, -0.15) is 0 Å². The molecule has 8 nitrogen and oxygen atoms in total. The third-order valence-electron chi connectivity index (χ3n) is 5.54. The van der Waals surface area contributed by atoms with Gasteiger partial charge in [-0.05, 0) is 37.1 Å². The Labute approximate surface area is 184 Å². The van der Waals surface area contributed by atoms with Crippen molar-refractivity contribution >= 4 is 33.9 Å². The molecule has 4 N–H and O–H groups in total. The zero-order chi connectivity index (χ0) is 22.2. The smallest absolute Gasteiger partial charge is 0.237 e. The van der Waals surface area contributed by atoms with Gasteiger partial charge in [0.25, 0.3) is 0 Å². The molecule has 1 aliphatic rings. The van der Waals surface area contributed by atoms with Gasteiger partial charge in [-0.15, -0.1) is 0 Å². The number of hydrogen-bond acceptors (Lipinski definition) is 8. The van der Waals surface area contributed by atoms with Gasteiger partial charge in [0.15, 0.2) is 5.82 Å². The molecule has 9 heteroatoms. The molecule has 32 heavy (non-hydrogen) atoms. The van der Waals surface area contributed by atoms with Crippen LogP contribution >= 0.6 is 0 Å². The van der Waals surface area contributed by atoms with Gasteiger partial charge in [0.1, 0.15) is 12.3 Å². The number of nitrogens with one attached hydrogen (secondary N) is 2. The largest absolute Gasteiger partial charge is 0.474 e. The third-order valence-corrected chi connectivity index (χ3v) is 5.54. The van der Waals surface area contributed by atoms with Crippen LogP contribution in [-0.4, -0.2) is 33.1 Å². The van der Waals surface area contributed by atoms with E-state index in [0.717, 1.165) is 29.1 Å². The molecular weight excluding hydrogens is 409 g/mol. The average molecular weight is 431 g/mol. The van der Waals surface area contributed by atoms with E-state index in [2.05, 4.69) is 30.6 Å². The van der Waals surface area contributed by atoms with Gasteiger partial charge in [0.2, 0.25) is 11.8 Å². The predicted molar refractivity (Wildman–Crippen MR) is 123 cm³/mol. The SMILES string of the molecule is CCc1ccc(Nc2ncc3c(N)c(F)c(-c4cnc5c(c4C)NCCO5)cc3n2)cn1. The van der Waals surface area contributed by atoms with Crippen LogP contribution in [0.4, 0.5) is 27.4 Å². The topological polar surface area (TPSA) is 111 Å². The van der Waals surface area contributed by atoms with E-state index in [0.29, 0.717) is 47.0 Å². The Kier molecular flexibility index (Phi) is 4.93. The van der Waals surface area contributed by atoms with Gasteiger partial charge in [0, 0.05) is 41.1 Å². The molecule has 1 aromatic carbocycles. The summed E-state index contributed by atoms with van der Waals surface area (Å²) in [5, 5.41) is 6.85. The zero-order valence-electron chi connectivity index (χ0n) is 17.7. The molecule has 0 fully saturated rings. The van der Waals surface area contributed by atoms with Crippen molar-refractivity contribution in [3.8, 4) is 17.0 Å². The number of halogens is 1. The van der Waals surface area contributed by atoms with Crippen LogP contribution in [0.15, 0.2) is 36.8 Å².